The van der Waals surface area contributed by atoms with Gasteiger partial charge in [0.2, 0.25) is 0 Å². The lowest BCUT2D eigenvalue weighted by Gasteiger charge is -2.29. The van der Waals surface area contributed by atoms with Crippen LogP contribution in [0.25, 0.3) is 0 Å². The van der Waals surface area contributed by atoms with E-state index in [1.807, 2.05) is 6.08 Å². The lowest BCUT2D eigenvalue weighted by atomic mass is 9.75. The molecule has 0 fully saturated rings. The van der Waals surface area contributed by atoms with Gasteiger partial charge in [-0.1, -0.05) is 74.0 Å². The zero-order valence-corrected chi connectivity index (χ0v) is 12.0. The zero-order valence-electron chi connectivity index (χ0n) is 12.0. The zero-order chi connectivity index (χ0) is 13.9. The summed E-state index contributed by atoms with van der Waals surface area (Å²) in [6.07, 6.45) is 3.94. The van der Waals surface area contributed by atoms with Crippen molar-refractivity contribution in [1.82, 2.24) is 0 Å². The number of allylic oxidation sites excluding steroid dienone is 1. The summed E-state index contributed by atoms with van der Waals surface area (Å²) in [5.41, 5.74) is 5.20. The molecular weight excluding hydrogens is 228 g/mol. The molecule has 19 heavy (non-hydrogen) atoms. The summed E-state index contributed by atoms with van der Waals surface area (Å²) in [4.78, 5) is 0. The summed E-state index contributed by atoms with van der Waals surface area (Å²) >= 11 is 0. The van der Waals surface area contributed by atoms with Crippen LogP contribution >= 0.6 is 0 Å². The van der Waals surface area contributed by atoms with Crippen LogP contribution < -0.4 is 0 Å². The molecule has 2 rings (SSSR count). The van der Waals surface area contributed by atoms with Crippen LogP contribution in [0.15, 0.2) is 61.2 Å². The Morgan fingerprint density at radius 1 is 1.00 bits per heavy atom. The third-order valence-electron chi connectivity index (χ3n) is 3.68. The smallest absolute Gasteiger partial charge is 0.0149 e. The number of hydrogen-bond donors (Lipinski definition) is 0. The van der Waals surface area contributed by atoms with E-state index in [9.17, 15) is 0 Å². The fourth-order valence-corrected chi connectivity index (χ4v) is 2.49. The number of benzene rings is 2. The molecule has 0 atom stereocenters. The molecule has 0 aliphatic rings. The molecule has 97 valence electrons. The normalized spacial score (nSPS) is 11.3. The van der Waals surface area contributed by atoms with Crippen LogP contribution in [0.5, 0.6) is 0 Å². The van der Waals surface area contributed by atoms with Crippen molar-refractivity contribution in [2.24, 2.45) is 0 Å². The predicted molar refractivity (Wildman–Crippen MR) is 83.3 cm³/mol. The lowest BCUT2D eigenvalue weighted by Crippen LogP contribution is -2.20. The van der Waals surface area contributed by atoms with Gasteiger partial charge in [-0.05, 0) is 23.6 Å². The highest BCUT2D eigenvalue weighted by atomic mass is 14.3. The van der Waals surface area contributed by atoms with E-state index in [2.05, 4.69) is 82.3 Å². The van der Waals surface area contributed by atoms with Gasteiger partial charge >= 0.3 is 0 Å². The standard InChI is InChI=1S/C19H21/c1-5-9-16-13-12-15(2)14-18(16)19(3,4)17-10-7-6-8-11-17/h5-14H,1H2,2-4H3. The van der Waals surface area contributed by atoms with Crippen molar-refractivity contribution in [3.63, 3.8) is 0 Å². The van der Waals surface area contributed by atoms with Crippen LogP contribution in [0.3, 0.4) is 0 Å². The molecule has 0 saturated carbocycles. The van der Waals surface area contributed by atoms with Gasteiger partial charge in [0.25, 0.3) is 0 Å². The molecule has 2 aromatic rings. The molecule has 0 heterocycles. The number of hydrogen-bond acceptors (Lipinski definition) is 0. The monoisotopic (exact) mass is 249 g/mol. The first-order valence-electron chi connectivity index (χ1n) is 6.68. The highest BCUT2D eigenvalue weighted by Gasteiger charge is 2.25. The molecule has 0 unspecified atom stereocenters. The van der Waals surface area contributed by atoms with Crippen LogP contribution in [0.4, 0.5) is 0 Å². The van der Waals surface area contributed by atoms with Gasteiger partial charge in [0.05, 0.1) is 0 Å². The van der Waals surface area contributed by atoms with E-state index < -0.39 is 0 Å². The molecular formula is C19H21. The van der Waals surface area contributed by atoms with Crippen LogP contribution in [0.2, 0.25) is 0 Å². The van der Waals surface area contributed by atoms with Gasteiger partial charge in [0.1, 0.15) is 0 Å². The fraction of sp³-hybridized carbons (Fsp3) is 0.211. The molecule has 0 bridgehead atoms. The van der Waals surface area contributed by atoms with Crippen LogP contribution in [-0.4, -0.2) is 0 Å². The van der Waals surface area contributed by atoms with Crippen LogP contribution in [0, 0.1) is 13.3 Å². The van der Waals surface area contributed by atoms with Crippen LogP contribution in [-0.2, 0) is 5.41 Å². The summed E-state index contributed by atoms with van der Waals surface area (Å²) < 4.78 is 0. The van der Waals surface area contributed by atoms with Crippen molar-refractivity contribution in [2.45, 2.75) is 26.2 Å². The molecule has 2 aromatic carbocycles. The molecule has 0 amide bonds. The minimum absolute atomic E-state index is 0.0118. The highest BCUT2D eigenvalue weighted by molar-refractivity contribution is 5.47. The van der Waals surface area contributed by atoms with Crippen molar-refractivity contribution in [2.75, 3.05) is 0 Å². The molecule has 0 spiro atoms. The quantitative estimate of drug-likeness (QED) is 0.710. The fourth-order valence-electron chi connectivity index (χ4n) is 2.49. The van der Waals surface area contributed by atoms with Gasteiger partial charge in [-0.25, -0.2) is 0 Å². The summed E-state index contributed by atoms with van der Waals surface area (Å²) in [5, 5.41) is 0. The molecule has 0 saturated heterocycles. The first-order valence-corrected chi connectivity index (χ1v) is 6.68. The second-order valence-electron chi connectivity index (χ2n) is 5.48. The number of rotatable bonds is 4. The molecule has 1 radical (unpaired) electrons. The Morgan fingerprint density at radius 3 is 2.32 bits per heavy atom. The van der Waals surface area contributed by atoms with Gasteiger partial charge in [0, 0.05) is 11.8 Å². The van der Waals surface area contributed by atoms with E-state index in [4.69, 9.17) is 0 Å². The Labute approximate surface area is 116 Å². The van der Waals surface area contributed by atoms with E-state index >= 15 is 0 Å². The summed E-state index contributed by atoms with van der Waals surface area (Å²) in [5.74, 6) is 0. The SMILES string of the molecule is C=C[CH]c1ccc(C)cc1C(C)(C)c1ccccc1. The Morgan fingerprint density at radius 2 is 1.68 bits per heavy atom. The van der Waals surface area contributed by atoms with Crippen molar-refractivity contribution in [1.29, 1.82) is 0 Å². The first-order chi connectivity index (χ1) is 9.05. The Hall–Kier alpha value is -1.82. The maximum Gasteiger partial charge on any atom is 0.0149 e. The van der Waals surface area contributed by atoms with Gasteiger partial charge < -0.3 is 0 Å². The Bertz CT molecular complexity index is 562. The van der Waals surface area contributed by atoms with E-state index in [-0.39, 0.29) is 5.41 Å². The van der Waals surface area contributed by atoms with E-state index in [0.717, 1.165) is 0 Å². The van der Waals surface area contributed by atoms with E-state index in [0.29, 0.717) is 0 Å². The van der Waals surface area contributed by atoms with E-state index in [1.165, 1.54) is 22.3 Å². The maximum atomic E-state index is 3.82. The molecule has 0 aliphatic carbocycles. The van der Waals surface area contributed by atoms with Crippen molar-refractivity contribution in [3.05, 3.63) is 89.9 Å². The number of aryl methyl sites for hydroxylation is 1. The second-order valence-corrected chi connectivity index (χ2v) is 5.48. The molecule has 0 aromatic heterocycles. The maximum absolute atomic E-state index is 3.82. The largest absolute Gasteiger partial charge is 0.102 e. The predicted octanol–water partition coefficient (Wildman–Crippen LogP) is 5.06. The first kappa shape index (κ1) is 13.6. The Balaban J connectivity index is 2.56. The van der Waals surface area contributed by atoms with Gasteiger partial charge in [0.15, 0.2) is 0 Å². The lowest BCUT2D eigenvalue weighted by molar-refractivity contribution is 0.637. The van der Waals surface area contributed by atoms with Crippen LogP contribution in [0.1, 0.15) is 36.1 Å². The summed E-state index contributed by atoms with van der Waals surface area (Å²) in [7, 11) is 0. The second kappa shape index (κ2) is 5.44. The molecule has 0 nitrogen and oxygen atoms in total. The van der Waals surface area contributed by atoms with Gasteiger partial charge in [-0.3, -0.25) is 0 Å². The average molecular weight is 249 g/mol. The minimum atomic E-state index is -0.0118. The third kappa shape index (κ3) is 2.78. The average Bonchev–Trinajstić information content (AvgIpc) is 2.42. The summed E-state index contributed by atoms with van der Waals surface area (Å²) in [6, 6.07) is 17.3. The third-order valence-corrected chi connectivity index (χ3v) is 3.68. The van der Waals surface area contributed by atoms with Gasteiger partial charge in [-0.15, -0.1) is 6.58 Å². The van der Waals surface area contributed by atoms with Crippen molar-refractivity contribution >= 4 is 0 Å². The van der Waals surface area contributed by atoms with E-state index in [1.54, 1.807) is 0 Å². The van der Waals surface area contributed by atoms with Crippen molar-refractivity contribution < 1.29 is 0 Å². The van der Waals surface area contributed by atoms with Gasteiger partial charge in [-0.2, -0.15) is 0 Å². The summed E-state index contributed by atoms with van der Waals surface area (Å²) in [6.45, 7) is 10.5. The minimum Gasteiger partial charge on any atom is -0.102 e. The topological polar surface area (TPSA) is 0 Å². The molecule has 0 heteroatoms. The molecule has 0 N–H and O–H groups in total. The molecule has 0 aliphatic heterocycles. The Kier molecular flexibility index (Phi) is 3.90. The van der Waals surface area contributed by atoms with Crippen molar-refractivity contribution in [3.8, 4) is 0 Å². The highest BCUT2D eigenvalue weighted by Crippen LogP contribution is 2.34.